The molecule has 0 unspecified atom stereocenters. The number of aromatic nitrogens is 1. The molecule has 0 bridgehead atoms. The fraction of sp³-hybridized carbons (Fsp3) is 0.467. The van der Waals surface area contributed by atoms with Crippen LogP contribution in [0.5, 0.6) is 0 Å². The first-order valence-corrected chi connectivity index (χ1v) is 13.5. The van der Waals surface area contributed by atoms with Gasteiger partial charge in [0.25, 0.3) is 5.91 Å². The molecule has 0 radical (unpaired) electrons. The average Bonchev–Trinajstić information content (AvgIpc) is 3.27. The number of morpholine rings is 1. The largest absolute Gasteiger partial charge is 0.383 e. The molecule has 5 rings (SSSR count). The maximum Gasteiger partial charge on any atom is 0.251 e. The monoisotopic (exact) mass is 503 g/mol. The number of benzene rings is 2. The van der Waals surface area contributed by atoms with Gasteiger partial charge in [0.2, 0.25) is 5.91 Å². The number of rotatable bonds is 8. The van der Waals surface area contributed by atoms with Crippen molar-refractivity contribution in [2.75, 3.05) is 46.6 Å². The van der Waals surface area contributed by atoms with Gasteiger partial charge in [-0.2, -0.15) is 0 Å². The van der Waals surface area contributed by atoms with Gasteiger partial charge in [-0.15, -0.1) is 0 Å². The van der Waals surface area contributed by atoms with Crippen molar-refractivity contribution in [3.8, 4) is 11.3 Å². The van der Waals surface area contributed by atoms with Gasteiger partial charge in [-0.05, 0) is 42.0 Å². The summed E-state index contributed by atoms with van der Waals surface area (Å²) in [5.74, 6) is 0.391. The van der Waals surface area contributed by atoms with Gasteiger partial charge in [-0.1, -0.05) is 55.7 Å². The lowest BCUT2D eigenvalue weighted by atomic mass is 9.82. The minimum atomic E-state index is -0.133. The van der Waals surface area contributed by atoms with Gasteiger partial charge in [0.1, 0.15) is 6.54 Å². The highest BCUT2D eigenvalue weighted by molar-refractivity contribution is 6.01. The minimum Gasteiger partial charge on any atom is -0.383 e. The molecular formula is C30H37N3O4. The normalized spacial score (nSPS) is 16.7. The van der Waals surface area contributed by atoms with Gasteiger partial charge >= 0.3 is 0 Å². The second-order valence-electron chi connectivity index (χ2n) is 10.0. The standard InChI is InChI=1S/C30H37N3O4/c1-36-17-14-31-30(35)24-12-13-25-26(20-24)33(21-27(34)32-15-18-37-19-16-32)29(23-10-6-3-7-11-23)28(25)22-8-4-2-5-9-22/h3,6-7,10-13,20,22H,2,4-5,8-9,14-19,21H2,1H3,(H,31,35). The maximum absolute atomic E-state index is 13.5. The molecule has 2 aromatic carbocycles. The topological polar surface area (TPSA) is 72.8 Å². The number of carbonyl (C=O) groups is 2. The van der Waals surface area contributed by atoms with Crippen LogP contribution < -0.4 is 5.32 Å². The third-order valence-electron chi connectivity index (χ3n) is 7.68. The van der Waals surface area contributed by atoms with Crippen LogP contribution in [-0.2, 0) is 20.8 Å². The van der Waals surface area contributed by atoms with E-state index in [0.717, 1.165) is 35.0 Å². The van der Waals surface area contributed by atoms with E-state index < -0.39 is 0 Å². The smallest absolute Gasteiger partial charge is 0.251 e. The molecule has 0 atom stereocenters. The summed E-state index contributed by atoms with van der Waals surface area (Å²) in [4.78, 5) is 28.4. The van der Waals surface area contributed by atoms with Crippen molar-refractivity contribution in [2.24, 2.45) is 0 Å². The van der Waals surface area contributed by atoms with E-state index >= 15 is 0 Å². The zero-order valence-corrected chi connectivity index (χ0v) is 21.7. The van der Waals surface area contributed by atoms with Crippen LogP contribution in [-0.4, -0.2) is 67.8 Å². The lowest BCUT2D eigenvalue weighted by molar-refractivity contribution is -0.135. The van der Waals surface area contributed by atoms with E-state index in [1.165, 1.54) is 24.8 Å². The van der Waals surface area contributed by atoms with Crippen molar-refractivity contribution < 1.29 is 19.1 Å². The molecule has 2 heterocycles. The summed E-state index contributed by atoms with van der Waals surface area (Å²) < 4.78 is 12.7. The molecule has 196 valence electrons. The predicted octanol–water partition coefficient (Wildman–Crippen LogP) is 4.59. The second-order valence-corrected chi connectivity index (χ2v) is 10.0. The molecule has 2 fully saturated rings. The van der Waals surface area contributed by atoms with Crippen molar-refractivity contribution in [3.63, 3.8) is 0 Å². The molecule has 7 nitrogen and oxygen atoms in total. The molecule has 7 heteroatoms. The molecule has 1 N–H and O–H groups in total. The number of nitrogens with one attached hydrogen (secondary N) is 1. The highest BCUT2D eigenvalue weighted by atomic mass is 16.5. The quantitative estimate of drug-likeness (QED) is 0.457. The third-order valence-corrected chi connectivity index (χ3v) is 7.68. The molecule has 1 saturated heterocycles. The number of hydrogen-bond acceptors (Lipinski definition) is 4. The number of methoxy groups -OCH3 is 1. The first kappa shape index (κ1) is 25.5. The maximum atomic E-state index is 13.5. The minimum absolute atomic E-state index is 0.0857. The Morgan fingerprint density at radius 1 is 1.03 bits per heavy atom. The summed E-state index contributed by atoms with van der Waals surface area (Å²) >= 11 is 0. The fourth-order valence-electron chi connectivity index (χ4n) is 5.81. The van der Waals surface area contributed by atoms with Gasteiger partial charge in [-0.25, -0.2) is 0 Å². The van der Waals surface area contributed by atoms with Crippen LogP contribution >= 0.6 is 0 Å². The molecule has 37 heavy (non-hydrogen) atoms. The summed E-state index contributed by atoms with van der Waals surface area (Å²) in [6.45, 7) is 3.52. The van der Waals surface area contributed by atoms with Gasteiger partial charge in [0.05, 0.1) is 31.0 Å². The van der Waals surface area contributed by atoms with E-state index in [0.29, 0.717) is 50.9 Å². The number of nitrogens with zero attached hydrogens (tertiary/aromatic N) is 2. The van der Waals surface area contributed by atoms with E-state index in [1.54, 1.807) is 7.11 Å². The summed E-state index contributed by atoms with van der Waals surface area (Å²) in [7, 11) is 1.62. The van der Waals surface area contributed by atoms with Crippen LogP contribution in [0.1, 0.15) is 53.9 Å². The van der Waals surface area contributed by atoms with Crippen molar-refractivity contribution in [2.45, 2.75) is 44.6 Å². The van der Waals surface area contributed by atoms with Crippen molar-refractivity contribution >= 4 is 22.7 Å². The summed E-state index contributed by atoms with van der Waals surface area (Å²) in [5, 5.41) is 4.08. The molecule has 1 aliphatic carbocycles. The lowest BCUT2D eigenvalue weighted by Crippen LogP contribution is -2.42. The molecule has 2 amide bonds. The molecule has 2 aliphatic rings. The molecule has 1 aromatic heterocycles. The van der Waals surface area contributed by atoms with E-state index in [-0.39, 0.29) is 18.4 Å². The van der Waals surface area contributed by atoms with Gasteiger partial charge in [0, 0.05) is 37.7 Å². The Morgan fingerprint density at radius 3 is 2.51 bits per heavy atom. The highest BCUT2D eigenvalue weighted by Crippen LogP contribution is 2.44. The Hall–Kier alpha value is -3.16. The van der Waals surface area contributed by atoms with E-state index in [2.05, 4.69) is 40.2 Å². The zero-order valence-electron chi connectivity index (χ0n) is 21.7. The van der Waals surface area contributed by atoms with Gasteiger partial charge in [-0.3, -0.25) is 9.59 Å². The van der Waals surface area contributed by atoms with Crippen LogP contribution in [0.3, 0.4) is 0 Å². The van der Waals surface area contributed by atoms with Crippen LogP contribution in [0.25, 0.3) is 22.2 Å². The number of fused-ring (bicyclic) bond motifs is 1. The number of carbonyl (C=O) groups excluding carboxylic acids is 2. The average molecular weight is 504 g/mol. The number of hydrogen-bond donors (Lipinski definition) is 1. The van der Waals surface area contributed by atoms with Gasteiger partial charge < -0.3 is 24.3 Å². The number of amides is 2. The fourth-order valence-corrected chi connectivity index (χ4v) is 5.81. The Kier molecular flexibility index (Phi) is 8.21. The van der Waals surface area contributed by atoms with Crippen LogP contribution in [0.4, 0.5) is 0 Å². The van der Waals surface area contributed by atoms with Crippen molar-refractivity contribution in [3.05, 3.63) is 59.7 Å². The van der Waals surface area contributed by atoms with Crippen LogP contribution in [0.15, 0.2) is 48.5 Å². The van der Waals surface area contributed by atoms with Crippen molar-refractivity contribution in [1.29, 1.82) is 0 Å². The van der Waals surface area contributed by atoms with E-state index in [9.17, 15) is 9.59 Å². The Bertz CT molecular complexity index is 1220. The molecule has 1 saturated carbocycles. The highest BCUT2D eigenvalue weighted by Gasteiger charge is 2.28. The first-order valence-electron chi connectivity index (χ1n) is 13.5. The van der Waals surface area contributed by atoms with Gasteiger partial charge in [0.15, 0.2) is 0 Å². The Balaban J connectivity index is 1.64. The Morgan fingerprint density at radius 2 is 1.78 bits per heavy atom. The molecule has 0 spiro atoms. The summed E-state index contributed by atoms with van der Waals surface area (Å²) in [6.07, 6.45) is 6.01. The van der Waals surface area contributed by atoms with E-state index in [4.69, 9.17) is 9.47 Å². The SMILES string of the molecule is COCCNC(=O)c1ccc2c(C3CCCCC3)c(-c3ccccc3)n(CC(=O)N3CCOCC3)c2c1. The third kappa shape index (κ3) is 5.58. The lowest BCUT2D eigenvalue weighted by Gasteiger charge is -2.28. The Labute approximate surface area is 218 Å². The van der Waals surface area contributed by atoms with Crippen LogP contribution in [0, 0.1) is 0 Å². The summed E-state index contributed by atoms with van der Waals surface area (Å²) in [6, 6.07) is 16.4. The molecular weight excluding hydrogens is 466 g/mol. The van der Waals surface area contributed by atoms with Crippen LogP contribution in [0.2, 0.25) is 0 Å². The predicted molar refractivity (Wildman–Crippen MR) is 145 cm³/mol. The van der Waals surface area contributed by atoms with Crippen molar-refractivity contribution in [1.82, 2.24) is 14.8 Å². The zero-order chi connectivity index (χ0) is 25.6. The molecule has 1 aliphatic heterocycles. The summed E-state index contributed by atoms with van der Waals surface area (Å²) in [5.41, 5.74) is 5.08. The first-order chi connectivity index (χ1) is 18.2. The second kappa shape index (κ2) is 11.9. The van der Waals surface area contributed by atoms with E-state index in [1.807, 2.05) is 23.1 Å². The number of ether oxygens (including phenoxy) is 2. The molecule has 3 aromatic rings.